The van der Waals surface area contributed by atoms with E-state index in [0.29, 0.717) is 19.1 Å². The van der Waals surface area contributed by atoms with E-state index < -0.39 is 6.48 Å². The van der Waals surface area contributed by atoms with Gasteiger partial charge < -0.3 is 19.3 Å². The highest BCUT2D eigenvalue weighted by Gasteiger charge is 2.24. The molecule has 122 valence electrons. The van der Waals surface area contributed by atoms with Crippen molar-refractivity contribution in [1.29, 1.82) is 0 Å². The average molecular weight is 290 g/mol. The molecular formula is C16H34O4. The van der Waals surface area contributed by atoms with E-state index in [-0.39, 0.29) is 6.10 Å². The van der Waals surface area contributed by atoms with Gasteiger partial charge in [-0.25, -0.2) is 0 Å². The summed E-state index contributed by atoms with van der Waals surface area (Å²) >= 11 is 0. The fourth-order valence-corrected chi connectivity index (χ4v) is 2.29. The highest BCUT2D eigenvalue weighted by Crippen LogP contribution is 2.17. The third-order valence-electron chi connectivity index (χ3n) is 3.30. The molecule has 1 fully saturated rings. The molecule has 4 heteroatoms. The van der Waals surface area contributed by atoms with Crippen molar-refractivity contribution in [1.82, 2.24) is 0 Å². The SMILES string of the molecule is CC.CCCCCC(CCC)COCC1COC(O)O1. The van der Waals surface area contributed by atoms with Crippen LogP contribution in [0.2, 0.25) is 0 Å². The van der Waals surface area contributed by atoms with Gasteiger partial charge in [-0.3, -0.25) is 0 Å². The van der Waals surface area contributed by atoms with Crippen LogP contribution < -0.4 is 0 Å². The van der Waals surface area contributed by atoms with E-state index in [1.165, 1.54) is 38.5 Å². The molecule has 1 heterocycles. The zero-order valence-electron chi connectivity index (χ0n) is 13.8. The van der Waals surface area contributed by atoms with Crippen LogP contribution in [0.3, 0.4) is 0 Å². The van der Waals surface area contributed by atoms with Gasteiger partial charge in [0.25, 0.3) is 6.48 Å². The van der Waals surface area contributed by atoms with E-state index in [1.54, 1.807) is 0 Å². The van der Waals surface area contributed by atoms with Crippen molar-refractivity contribution in [3.63, 3.8) is 0 Å². The molecule has 0 aromatic rings. The second-order valence-corrected chi connectivity index (χ2v) is 5.09. The Labute approximate surface area is 124 Å². The topological polar surface area (TPSA) is 47.9 Å². The molecule has 1 aliphatic heterocycles. The molecule has 0 amide bonds. The van der Waals surface area contributed by atoms with Gasteiger partial charge in [0.15, 0.2) is 0 Å². The fraction of sp³-hybridized carbons (Fsp3) is 1.00. The third-order valence-corrected chi connectivity index (χ3v) is 3.30. The summed E-state index contributed by atoms with van der Waals surface area (Å²) in [5.41, 5.74) is 0. The van der Waals surface area contributed by atoms with Gasteiger partial charge in [-0.15, -0.1) is 0 Å². The van der Waals surface area contributed by atoms with Crippen LogP contribution in [0.15, 0.2) is 0 Å². The quantitative estimate of drug-likeness (QED) is 0.623. The van der Waals surface area contributed by atoms with Crippen LogP contribution in [-0.2, 0) is 14.2 Å². The van der Waals surface area contributed by atoms with E-state index in [2.05, 4.69) is 13.8 Å². The number of rotatable bonds is 10. The molecule has 4 nitrogen and oxygen atoms in total. The predicted octanol–water partition coefficient (Wildman–Crippen LogP) is 3.72. The van der Waals surface area contributed by atoms with E-state index in [9.17, 15) is 0 Å². The Hall–Kier alpha value is -0.160. The van der Waals surface area contributed by atoms with Crippen molar-refractivity contribution in [2.45, 2.75) is 78.8 Å². The van der Waals surface area contributed by atoms with E-state index >= 15 is 0 Å². The first-order valence-electron chi connectivity index (χ1n) is 8.29. The van der Waals surface area contributed by atoms with Crippen LogP contribution in [0.4, 0.5) is 0 Å². The van der Waals surface area contributed by atoms with Crippen molar-refractivity contribution in [3.8, 4) is 0 Å². The average Bonchev–Trinajstić information content (AvgIpc) is 2.87. The minimum absolute atomic E-state index is 0.113. The summed E-state index contributed by atoms with van der Waals surface area (Å²) in [6.07, 6.45) is 7.46. The maximum atomic E-state index is 9.04. The van der Waals surface area contributed by atoms with E-state index in [4.69, 9.17) is 19.3 Å². The van der Waals surface area contributed by atoms with Crippen LogP contribution >= 0.6 is 0 Å². The molecule has 1 N–H and O–H groups in total. The standard InChI is InChI=1S/C14H28O4.C2H6/c1-3-5-6-8-12(7-4-2)9-16-10-13-11-17-14(15)18-13;1-2/h12-15H,3-11H2,1-2H3;1-2H3. The Kier molecular flexibility index (Phi) is 13.7. The minimum Gasteiger partial charge on any atom is -0.378 e. The largest absolute Gasteiger partial charge is 0.378 e. The van der Waals surface area contributed by atoms with Gasteiger partial charge in [0.2, 0.25) is 0 Å². The van der Waals surface area contributed by atoms with Gasteiger partial charge in [0, 0.05) is 6.61 Å². The lowest BCUT2D eigenvalue weighted by Crippen LogP contribution is -2.21. The first kappa shape index (κ1) is 19.8. The molecule has 0 saturated carbocycles. The predicted molar refractivity (Wildman–Crippen MR) is 81.5 cm³/mol. The number of hydrogen-bond donors (Lipinski definition) is 1. The molecule has 3 unspecified atom stereocenters. The van der Waals surface area contributed by atoms with Gasteiger partial charge >= 0.3 is 0 Å². The molecule has 20 heavy (non-hydrogen) atoms. The Bertz CT molecular complexity index is 199. The van der Waals surface area contributed by atoms with E-state index in [1.807, 2.05) is 13.8 Å². The Morgan fingerprint density at radius 2 is 1.90 bits per heavy atom. The van der Waals surface area contributed by atoms with Crippen LogP contribution in [0.25, 0.3) is 0 Å². The fourth-order valence-electron chi connectivity index (χ4n) is 2.29. The maximum Gasteiger partial charge on any atom is 0.269 e. The lowest BCUT2D eigenvalue weighted by Gasteiger charge is -2.17. The molecule has 3 atom stereocenters. The molecule has 1 rings (SSSR count). The summed E-state index contributed by atoms with van der Waals surface area (Å²) in [5.74, 6) is 0.661. The summed E-state index contributed by atoms with van der Waals surface area (Å²) in [4.78, 5) is 0. The highest BCUT2D eigenvalue weighted by molar-refractivity contribution is 4.62. The van der Waals surface area contributed by atoms with Crippen molar-refractivity contribution in [2.24, 2.45) is 5.92 Å². The molecule has 0 bridgehead atoms. The highest BCUT2D eigenvalue weighted by atomic mass is 16.8. The molecule has 0 radical (unpaired) electrons. The maximum absolute atomic E-state index is 9.04. The Morgan fingerprint density at radius 1 is 1.15 bits per heavy atom. The summed E-state index contributed by atoms with van der Waals surface area (Å²) in [6.45, 7) is 9.13. The van der Waals surface area contributed by atoms with Gasteiger partial charge in [-0.2, -0.15) is 0 Å². The summed E-state index contributed by atoms with van der Waals surface area (Å²) < 4.78 is 15.7. The second-order valence-electron chi connectivity index (χ2n) is 5.09. The van der Waals surface area contributed by atoms with Gasteiger partial charge in [0.05, 0.1) is 13.2 Å². The van der Waals surface area contributed by atoms with Gasteiger partial charge in [-0.05, 0) is 18.8 Å². The van der Waals surface area contributed by atoms with Crippen LogP contribution in [0, 0.1) is 5.92 Å². The molecule has 0 aliphatic carbocycles. The smallest absolute Gasteiger partial charge is 0.269 e. The first-order valence-corrected chi connectivity index (χ1v) is 8.29. The number of unbranched alkanes of at least 4 members (excludes halogenated alkanes) is 2. The molecule has 0 aromatic carbocycles. The molecule has 1 saturated heterocycles. The van der Waals surface area contributed by atoms with Crippen molar-refractivity contribution >= 4 is 0 Å². The zero-order chi connectivity index (χ0) is 15.2. The van der Waals surface area contributed by atoms with Crippen molar-refractivity contribution in [3.05, 3.63) is 0 Å². The summed E-state index contributed by atoms with van der Waals surface area (Å²) in [6, 6.07) is 0. The molecule has 0 spiro atoms. The minimum atomic E-state index is -1.06. The number of aliphatic hydroxyl groups excluding tert-OH is 1. The number of hydrogen-bond acceptors (Lipinski definition) is 4. The van der Waals surface area contributed by atoms with Gasteiger partial charge in [-0.1, -0.05) is 53.4 Å². The lowest BCUT2D eigenvalue weighted by atomic mass is 9.97. The van der Waals surface area contributed by atoms with Crippen molar-refractivity contribution < 1.29 is 19.3 Å². The van der Waals surface area contributed by atoms with Gasteiger partial charge in [0.1, 0.15) is 6.10 Å². The zero-order valence-corrected chi connectivity index (χ0v) is 13.8. The molecular weight excluding hydrogens is 256 g/mol. The Balaban J connectivity index is 0.00000172. The lowest BCUT2D eigenvalue weighted by molar-refractivity contribution is -0.207. The van der Waals surface area contributed by atoms with Crippen LogP contribution in [0.5, 0.6) is 0 Å². The van der Waals surface area contributed by atoms with E-state index in [0.717, 1.165) is 6.61 Å². The second kappa shape index (κ2) is 13.8. The Morgan fingerprint density at radius 3 is 2.45 bits per heavy atom. The summed E-state index contributed by atoms with van der Waals surface area (Å²) in [7, 11) is 0. The monoisotopic (exact) mass is 290 g/mol. The summed E-state index contributed by atoms with van der Waals surface area (Å²) in [5, 5.41) is 9.04. The van der Waals surface area contributed by atoms with Crippen LogP contribution in [-0.4, -0.2) is 37.5 Å². The third kappa shape index (κ3) is 9.70. The first-order chi connectivity index (χ1) is 9.76. The number of aliphatic hydroxyl groups is 1. The van der Waals surface area contributed by atoms with Crippen molar-refractivity contribution in [2.75, 3.05) is 19.8 Å². The van der Waals surface area contributed by atoms with Crippen LogP contribution in [0.1, 0.15) is 66.2 Å². The molecule has 1 aliphatic rings. The molecule has 0 aromatic heterocycles. The normalized spacial score (nSPS) is 23.2. The number of ether oxygens (including phenoxy) is 3.